The highest BCUT2D eigenvalue weighted by molar-refractivity contribution is 5.22. The molecular formula is C16H22N6. The van der Waals surface area contributed by atoms with E-state index >= 15 is 0 Å². The Kier molecular flexibility index (Phi) is 3.63. The average molecular weight is 298 g/mol. The molecule has 1 aliphatic carbocycles. The highest BCUT2D eigenvalue weighted by atomic mass is 15.6. The van der Waals surface area contributed by atoms with Crippen molar-refractivity contribution in [2.75, 3.05) is 19.6 Å². The van der Waals surface area contributed by atoms with E-state index in [1.165, 1.54) is 18.4 Å². The van der Waals surface area contributed by atoms with Gasteiger partial charge in [-0.2, -0.15) is 0 Å². The first kappa shape index (κ1) is 13.8. The predicted molar refractivity (Wildman–Crippen MR) is 83.1 cm³/mol. The molecular weight excluding hydrogens is 276 g/mol. The minimum Gasteiger partial charge on any atom is -0.330 e. The highest BCUT2D eigenvalue weighted by Crippen LogP contribution is 2.36. The van der Waals surface area contributed by atoms with Crippen LogP contribution in [0.2, 0.25) is 0 Å². The number of hydrogen-bond acceptors (Lipinski definition) is 5. The van der Waals surface area contributed by atoms with Crippen molar-refractivity contribution < 1.29 is 0 Å². The van der Waals surface area contributed by atoms with Crippen LogP contribution in [0, 0.1) is 5.92 Å². The maximum atomic E-state index is 6.01. The van der Waals surface area contributed by atoms with Crippen molar-refractivity contribution in [3.8, 4) is 0 Å². The van der Waals surface area contributed by atoms with Gasteiger partial charge in [0.25, 0.3) is 0 Å². The lowest BCUT2D eigenvalue weighted by atomic mass is 9.89. The SMILES string of the molecule is NC[C@@H]1CN(Cc2nnnn2C2CC2)C[C@H]1c1ccccc1. The fraction of sp³-hybridized carbons (Fsp3) is 0.562. The number of nitrogens with zero attached hydrogens (tertiary/aromatic N) is 5. The van der Waals surface area contributed by atoms with Crippen LogP contribution in [0.15, 0.2) is 30.3 Å². The Hall–Kier alpha value is -1.79. The second-order valence-electron chi connectivity index (χ2n) is 6.48. The molecule has 0 unspecified atom stereocenters. The molecule has 0 bridgehead atoms. The molecule has 2 fully saturated rings. The van der Waals surface area contributed by atoms with Crippen LogP contribution in [0.1, 0.15) is 36.2 Å². The largest absolute Gasteiger partial charge is 0.330 e. The predicted octanol–water partition coefficient (Wildman–Crippen LogP) is 1.18. The number of nitrogens with two attached hydrogens (primary N) is 1. The zero-order valence-electron chi connectivity index (χ0n) is 12.7. The number of tetrazole rings is 1. The molecule has 1 saturated heterocycles. The van der Waals surface area contributed by atoms with Crippen LogP contribution in [0.25, 0.3) is 0 Å². The lowest BCUT2D eigenvalue weighted by Crippen LogP contribution is -2.24. The highest BCUT2D eigenvalue weighted by Gasteiger charge is 2.34. The third kappa shape index (κ3) is 2.64. The molecule has 0 radical (unpaired) electrons. The van der Waals surface area contributed by atoms with Gasteiger partial charge in [-0.05, 0) is 41.3 Å². The van der Waals surface area contributed by atoms with Crippen molar-refractivity contribution in [3.05, 3.63) is 41.7 Å². The number of rotatable bonds is 5. The molecule has 2 heterocycles. The summed E-state index contributed by atoms with van der Waals surface area (Å²) >= 11 is 0. The lowest BCUT2D eigenvalue weighted by Gasteiger charge is -2.16. The van der Waals surface area contributed by atoms with Gasteiger partial charge in [-0.3, -0.25) is 4.90 Å². The summed E-state index contributed by atoms with van der Waals surface area (Å²) in [5.74, 6) is 2.01. The van der Waals surface area contributed by atoms with Crippen LogP contribution in [-0.2, 0) is 6.54 Å². The molecule has 1 aromatic carbocycles. The monoisotopic (exact) mass is 298 g/mol. The molecule has 1 saturated carbocycles. The van der Waals surface area contributed by atoms with Gasteiger partial charge in [0.1, 0.15) is 0 Å². The van der Waals surface area contributed by atoms with E-state index in [4.69, 9.17) is 5.73 Å². The Morgan fingerprint density at radius 2 is 1.95 bits per heavy atom. The number of likely N-dealkylation sites (tertiary alicyclic amines) is 1. The van der Waals surface area contributed by atoms with Crippen LogP contribution in [0.5, 0.6) is 0 Å². The van der Waals surface area contributed by atoms with Gasteiger partial charge in [-0.25, -0.2) is 4.68 Å². The molecule has 2 atom stereocenters. The zero-order valence-corrected chi connectivity index (χ0v) is 12.7. The van der Waals surface area contributed by atoms with Gasteiger partial charge in [-0.1, -0.05) is 30.3 Å². The lowest BCUT2D eigenvalue weighted by molar-refractivity contribution is 0.300. The van der Waals surface area contributed by atoms with Gasteiger partial charge in [0.05, 0.1) is 12.6 Å². The van der Waals surface area contributed by atoms with E-state index in [0.717, 1.165) is 32.0 Å². The van der Waals surface area contributed by atoms with Gasteiger partial charge < -0.3 is 5.73 Å². The summed E-state index contributed by atoms with van der Waals surface area (Å²) in [5, 5.41) is 12.2. The van der Waals surface area contributed by atoms with Crippen molar-refractivity contribution in [2.24, 2.45) is 11.7 Å². The molecule has 2 aromatic rings. The number of hydrogen-bond donors (Lipinski definition) is 1. The van der Waals surface area contributed by atoms with E-state index < -0.39 is 0 Å². The van der Waals surface area contributed by atoms with Gasteiger partial charge in [-0.15, -0.1) is 5.10 Å². The first-order valence-corrected chi connectivity index (χ1v) is 8.09. The van der Waals surface area contributed by atoms with E-state index in [0.29, 0.717) is 17.9 Å². The summed E-state index contributed by atoms with van der Waals surface area (Å²) in [6.45, 7) is 3.60. The minimum atomic E-state index is 0.507. The summed E-state index contributed by atoms with van der Waals surface area (Å²) < 4.78 is 2.01. The Morgan fingerprint density at radius 1 is 1.14 bits per heavy atom. The second kappa shape index (κ2) is 5.78. The molecule has 0 amide bonds. The molecule has 4 rings (SSSR count). The summed E-state index contributed by atoms with van der Waals surface area (Å²) in [6, 6.07) is 11.2. The molecule has 1 aliphatic heterocycles. The smallest absolute Gasteiger partial charge is 0.165 e. The normalized spacial score (nSPS) is 25.7. The first-order valence-electron chi connectivity index (χ1n) is 8.09. The van der Waals surface area contributed by atoms with Crippen LogP contribution >= 0.6 is 0 Å². The summed E-state index contributed by atoms with van der Waals surface area (Å²) in [4.78, 5) is 2.44. The number of benzene rings is 1. The van der Waals surface area contributed by atoms with Crippen LogP contribution in [0.4, 0.5) is 0 Å². The van der Waals surface area contributed by atoms with Crippen molar-refractivity contribution in [3.63, 3.8) is 0 Å². The third-order valence-corrected chi connectivity index (χ3v) is 4.87. The fourth-order valence-electron chi connectivity index (χ4n) is 3.53. The molecule has 1 aromatic heterocycles. The average Bonchev–Trinajstić information content (AvgIpc) is 3.16. The maximum absolute atomic E-state index is 6.01. The van der Waals surface area contributed by atoms with Crippen LogP contribution in [0.3, 0.4) is 0 Å². The van der Waals surface area contributed by atoms with Gasteiger partial charge in [0.15, 0.2) is 5.82 Å². The zero-order chi connectivity index (χ0) is 14.9. The van der Waals surface area contributed by atoms with E-state index in [2.05, 4.69) is 50.8 Å². The molecule has 116 valence electrons. The summed E-state index contributed by atoms with van der Waals surface area (Å²) in [7, 11) is 0. The molecule has 2 aliphatic rings. The Bertz CT molecular complexity index is 621. The van der Waals surface area contributed by atoms with Crippen molar-refractivity contribution in [1.29, 1.82) is 0 Å². The van der Waals surface area contributed by atoms with E-state index in [1.807, 2.05) is 4.68 Å². The van der Waals surface area contributed by atoms with E-state index in [9.17, 15) is 0 Å². The van der Waals surface area contributed by atoms with Gasteiger partial charge >= 0.3 is 0 Å². The van der Waals surface area contributed by atoms with Crippen LogP contribution < -0.4 is 5.73 Å². The summed E-state index contributed by atoms with van der Waals surface area (Å²) in [6.07, 6.45) is 2.41. The molecule has 6 nitrogen and oxygen atoms in total. The van der Waals surface area contributed by atoms with Crippen molar-refractivity contribution in [2.45, 2.75) is 31.3 Å². The number of aromatic nitrogens is 4. The van der Waals surface area contributed by atoms with E-state index in [1.54, 1.807) is 0 Å². The molecule has 6 heteroatoms. The fourth-order valence-corrected chi connectivity index (χ4v) is 3.53. The van der Waals surface area contributed by atoms with E-state index in [-0.39, 0.29) is 0 Å². The third-order valence-electron chi connectivity index (χ3n) is 4.87. The first-order chi connectivity index (χ1) is 10.8. The Morgan fingerprint density at radius 3 is 2.68 bits per heavy atom. The topological polar surface area (TPSA) is 72.9 Å². The maximum Gasteiger partial charge on any atom is 0.165 e. The van der Waals surface area contributed by atoms with Crippen molar-refractivity contribution in [1.82, 2.24) is 25.1 Å². The quantitative estimate of drug-likeness (QED) is 0.897. The van der Waals surface area contributed by atoms with Crippen molar-refractivity contribution >= 4 is 0 Å². The second-order valence-corrected chi connectivity index (χ2v) is 6.48. The minimum absolute atomic E-state index is 0.507. The molecule has 2 N–H and O–H groups in total. The van der Waals surface area contributed by atoms with Gasteiger partial charge in [0.2, 0.25) is 0 Å². The molecule has 0 spiro atoms. The molecule has 22 heavy (non-hydrogen) atoms. The Balaban J connectivity index is 1.48. The standard InChI is InChI=1S/C16H22N6/c17-8-13-9-21(10-15(13)12-4-2-1-3-5-12)11-16-18-19-20-22(16)14-6-7-14/h1-5,13-15H,6-11,17H2/t13-,15+/m1/s1. The Labute approximate surface area is 130 Å². The van der Waals surface area contributed by atoms with Crippen LogP contribution in [-0.4, -0.2) is 44.7 Å². The van der Waals surface area contributed by atoms with Gasteiger partial charge in [0, 0.05) is 19.0 Å². The summed E-state index contributed by atoms with van der Waals surface area (Å²) in [5.41, 5.74) is 7.40.